The summed E-state index contributed by atoms with van der Waals surface area (Å²) >= 11 is 0. The number of amides is 16. The molecule has 0 bridgehead atoms. The van der Waals surface area contributed by atoms with E-state index in [1.807, 2.05) is 5.32 Å². The Balaban J connectivity index is 4.51. The highest BCUT2D eigenvalue weighted by atomic mass is 16.4. The van der Waals surface area contributed by atoms with Gasteiger partial charge in [0.05, 0.1) is 58.4 Å². The van der Waals surface area contributed by atoms with Gasteiger partial charge in [0, 0.05) is 0 Å². The Labute approximate surface area is 439 Å². The van der Waals surface area contributed by atoms with Gasteiger partial charge in [-0.1, -0.05) is 0 Å². The molecule has 8 atom stereocenters. The summed E-state index contributed by atoms with van der Waals surface area (Å²) in [5.74, 6) is -14.0. The molecule has 19 N–H and O–H groups in total. The van der Waals surface area contributed by atoms with Gasteiger partial charge in [-0.15, -0.1) is 0 Å². The summed E-state index contributed by atoms with van der Waals surface area (Å²) in [5.41, 5.74) is 5.39. The summed E-state index contributed by atoms with van der Waals surface area (Å²) in [6, 6.07) is -9.18. The molecule has 430 valence electrons. The number of carboxylic acids is 1. The van der Waals surface area contributed by atoms with Crippen LogP contribution in [0.15, 0.2) is 0 Å². The average molecular weight is 1100 g/mol. The van der Waals surface area contributed by atoms with Crippen molar-refractivity contribution >= 4 is 100 Å². The van der Waals surface area contributed by atoms with Gasteiger partial charge in [-0.25, -0.2) is 0 Å². The first-order valence-electron chi connectivity index (χ1n) is 23.3. The van der Waals surface area contributed by atoms with E-state index >= 15 is 0 Å². The number of nitrogens with two attached hydrogens (primary N) is 1. The average Bonchev–Trinajstić information content (AvgIpc) is 3.36. The number of carboxylic acid groups (broad SMARTS) is 1. The molecule has 35 nitrogen and oxygen atoms in total. The maximum absolute atomic E-state index is 12.5. The maximum atomic E-state index is 12.5. The Morgan fingerprint density at radius 2 is 0.416 bits per heavy atom. The third-order valence-electron chi connectivity index (χ3n) is 9.63. The minimum Gasteiger partial charge on any atom is -0.480 e. The van der Waals surface area contributed by atoms with Crippen LogP contribution in [0.5, 0.6) is 0 Å². The third kappa shape index (κ3) is 30.7. The molecule has 0 fully saturated rings. The molecule has 35 heteroatoms. The summed E-state index contributed by atoms with van der Waals surface area (Å²) in [5, 5.41) is 44.4. The number of rotatable bonds is 33. The van der Waals surface area contributed by atoms with Gasteiger partial charge < -0.3 is 95.9 Å². The fourth-order valence-corrected chi connectivity index (χ4v) is 5.31. The molecule has 77 heavy (non-hydrogen) atoms. The summed E-state index contributed by atoms with van der Waals surface area (Å²) in [7, 11) is 0. The van der Waals surface area contributed by atoms with Crippen LogP contribution < -0.4 is 90.8 Å². The van der Waals surface area contributed by atoms with Crippen LogP contribution >= 0.6 is 0 Å². The van der Waals surface area contributed by atoms with Crippen molar-refractivity contribution in [3.05, 3.63) is 0 Å². The van der Waals surface area contributed by atoms with E-state index in [9.17, 15) is 81.5 Å². The van der Waals surface area contributed by atoms with E-state index < -0.39 is 208 Å². The first kappa shape index (κ1) is 68.0. The molecule has 0 spiro atoms. The number of carbonyl (C=O) groups excluding carboxylic acids is 16. The Morgan fingerprint density at radius 3 is 0.571 bits per heavy atom. The molecule has 0 saturated heterocycles. The Morgan fingerprint density at radius 1 is 0.260 bits per heavy atom. The molecular weight excluding hydrogens is 1030 g/mol. The second kappa shape index (κ2) is 35.2. The van der Waals surface area contributed by atoms with Crippen molar-refractivity contribution in [1.29, 1.82) is 0 Å². The van der Waals surface area contributed by atoms with Crippen LogP contribution in [0.1, 0.15) is 55.4 Å². The van der Waals surface area contributed by atoms with Gasteiger partial charge in [0.25, 0.3) is 0 Å². The molecule has 0 radical (unpaired) electrons. The van der Waals surface area contributed by atoms with E-state index in [2.05, 4.69) is 79.8 Å². The third-order valence-corrected chi connectivity index (χ3v) is 9.63. The zero-order valence-electron chi connectivity index (χ0n) is 43.4. The van der Waals surface area contributed by atoms with Crippen molar-refractivity contribution in [1.82, 2.24) is 85.1 Å². The minimum atomic E-state index is -1.29. The molecule has 0 aromatic carbocycles. The molecule has 0 aliphatic rings. The quantitative estimate of drug-likeness (QED) is 0.0290. The predicted molar refractivity (Wildman–Crippen MR) is 262 cm³/mol. The maximum Gasteiger partial charge on any atom is 0.322 e. The fraction of sp³-hybridized carbons (Fsp3) is 0.595. The molecule has 0 aromatic heterocycles. The molecule has 0 aliphatic carbocycles. The van der Waals surface area contributed by atoms with Gasteiger partial charge in [-0.2, -0.15) is 0 Å². The smallest absolute Gasteiger partial charge is 0.322 e. The van der Waals surface area contributed by atoms with E-state index in [1.54, 1.807) is 0 Å². The van der Waals surface area contributed by atoms with Crippen LogP contribution in [-0.4, -0.2) is 213 Å². The number of hydrogen-bond acceptors (Lipinski definition) is 18. The molecule has 0 aliphatic heterocycles. The zero-order valence-corrected chi connectivity index (χ0v) is 43.4. The van der Waals surface area contributed by atoms with Crippen molar-refractivity contribution in [2.24, 2.45) is 5.73 Å². The standard InChI is InChI=1S/C42H69N17O18/c1-18(43)35(70)45-10-27(61)53-20(3)37(72)47-12-29(63)55-22(5)39(74)49-14-31(65)57-24(7)41(76)51-16-33(67)59-25(8)42(77)52-15-32(66)58-23(6)40(75)50-13-30(64)56-21(4)38(73)48-11-28(62)54-19(2)36(71)46-9-26(60)44-17-34(68)69/h18-25H,9-17,43H2,1-8H3,(H,44,60)(H,45,70)(H,46,71)(H,47,72)(H,48,73)(H,49,74)(H,50,75)(H,51,76)(H,52,77)(H,53,61)(H,54,62)(H,55,63)(H,56,64)(H,57,65)(H,58,66)(H,59,67)(H,68,69)/t18-,19-,20-,21-,22-,23-,24-,25-/m0/s1. The SMILES string of the molecule is C[C@H](N)C(=O)NCC(=O)N[C@@H](C)C(=O)NCC(=O)N[C@@H](C)C(=O)NCC(=O)N[C@@H](C)C(=O)NCC(=O)N[C@@H](C)C(=O)NCC(=O)N[C@@H](C)C(=O)NCC(=O)N[C@@H](C)C(=O)NCC(=O)N[C@@H](C)C(=O)NCC(=O)NCC(=O)O. The Hall–Kier alpha value is -9.05. The van der Waals surface area contributed by atoms with E-state index in [1.165, 1.54) is 55.4 Å². The van der Waals surface area contributed by atoms with Crippen LogP contribution in [0, 0.1) is 0 Å². The van der Waals surface area contributed by atoms with Crippen LogP contribution in [0.4, 0.5) is 0 Å². The summed E-state index contributed by atoms with van der Waals surface area (Å²) in [6.45, 7) is 4.88. The summed E-state index contributed by atoms with van der Waals surface area (Å²) in [6.07, 6.45) is 0. The predicted octanol–water partition coefficient (Wildman–Crippen LogP) is -12.0. The highest BCUT2D eigenvalue weighted by molar-refractivity contribution is 5.98. The monoisotopic (exact) mass is 1100 g/mol. The summed E-state index contributed by atoms with van der Waals surface area (Å²) < 4.78 is 0. The van der Waals surface area contributed by atoms with Crippen molar-refractivity contribution in [2.75, 3.05) is 58.9 Å². The van der Waals surface area contributed by atoms with Crippen LogP contribution in [0.25, 0.3) is 0 Å². The van der Waals surface area contributed by atoms with Crippen molar-refractivity contribution in [3.63, 3.8) is 0 Å². The Kier molecular flexibility index (Phi) is 31.1. The lowest BCUT2D eigenvalue weighted by Gasteiger charge is -2.18. The lowest BCUT2D eigenvalue weighted by molar-refractivity contribution is -0.138. The van der Waals surface area contributed by atoms with Gasteiger partial charge in [0.15, 0.2) is 0 Å². The lowest BCUT2D eigenvalue weighted by atomic mass is 10.2. The van der Waals surface area contributed by atoms with Crippen molar-refractivity contribution in [2.45, 2.75) is 104 Å². The van der Waals surface area contributed by atoms with Crippen LogP contribution in [0.3, 0.4) is 0 Å². The number of aliphatic carboxylic acids is 1. The molecule has 0 rings (SSSR count). The van der Waals surface area contributed by atoms with Crippen LogP contribution in [0.2, 0.25) is 0 Å². The second-order valence-electron chi connectivity index (χ2n) is 16.7. The van der Waals surface area contributed by atoms with Gasteiger partial charge in [-0.05, 0) is 55.4 Å². The second-order valence-corrected chi connectivity index (χ2v) is 16.7. The topological polar surface area (TPSA) is 529 Å². The highest BCUT2D eigenvalue weighted by Gasteiger charge is 2.25. The van der Waals surface area contributed by atoms with Gasteiger partial charge in [0.2, 0.25) is 94.5 Å². The first-order chi connectivity index (χ1) is 35.8. The molecule has 16 amide bonds. The van der Waals surface area contributed by atoms with Crippen molar-refractivity contribution < 1.29 is 86.6 Å². The van der Waals surface area contributed by atoms with E-state index in [4.69, 9.17) is 10.8 Å². The van der Waals surface area contributed by atoms with Gasteiger partial charge in [-0.3, -0.25) is 81.5 Å². The van der Waals surface area contributed by atoms with Gasteiger partial charge in [0.1, 0.15) is 48.8 Å². The molecular formula is C42H69N17O18. The number of carbonyl (C=O) groups is 17. The molecule has 0 aromatic rings. The molecule has 0 heterocycles. The first-order valence-corrected chi connectivity index (χ1v) is 23.3. The van der Waals surface area contributed by atoms with Crippen LogP contribution in [-0.2, 0) is 81.5 Å². The normalized spacial score (nSPS) is 13.5. The van der Waals surface area contributed by atoms with Gasteiger partial charge >= 0.3 is 5.97 Å². The molecule has 0 unspecified atom stereocenters. The highest BCUT2D eigenvalue weighted by Crippen LogP contribution is 1.91. The number of nitrogens with one attached hydrogen (secondary N) is 16. The summed E-state index contributed by atoms with van der Waals surface area (Å²) in [4.78, 5) is 206. The molecule has 0 saturated carbocycles. The van der Waals surface area contributed by atoms with Crippen molar-refractivity contribution in [3.8, 4) is 0 Å². The lowest BCUT2D eigenvalue weighted by Crippen LogP contribution is -2.54. The minimum absolute atomic E-state index is 0.438. The largest absolute Gasteiger partial charge is 0.480 e. The number of hydrogen-bond donors (Lipinski definition) is 18. The van der Waals surface area contributed by atoms with E-state index in [0.717, 1.165) is 0 Å². The fourth-order valence-electron chi connectivity index (χ4n) is 5.31. The Bertz CT molecular complexity index is 2230. The van der Waals surface area contributed by atoms with E-state index in [0.29, 0.717) is 0 Å². The zero-order chi connectivity index (χ0) is 59.1. The van der Waals surface area contributed by atoms with E-state index in [-0.39, 0.29) is 0 Å².